The maximum absolute atomic E-state index is 11.9. The Labute approximate surface area is 134 Å². The molecule has 1 aromatic rings. The number of hydrogen-bond acceptors (Lipinski definition) is 3. The molecule has 0 unspecified atom stereocenters. The van der Waals surface area contributed by atoms with Gasteiger partial charge in [0.15, 0.2) is 11.5 Å². The Morgan fingerprint density at radius 3 is 2.52 bits per heavy atom. The highest BCUT2D eigenvalue weighted by Crippen LogP contribution is 2.36. The maximum Gasteiger partial charge on any atom is 0.411 e. The molecule has 0 aromatic heterocycles. The van der Waals surface area contributed by atoms with E-state index in [9.17, 15) is 13.2 Å². The highest BCUT2D eigenvalue weighted by molar-refractivity contribution is 9.08. The second kappa shape index (κ2) is 8.70. The first-order chi connectivity index (χ1) is 9.87. The molecule has 120 valence electrons. The van der Waals surface area contributed by atoms with Crippen LogP contribution in [0.1, 0.15) is 12.0 Å². The van der Waals surface area contributed by atoms with E-state index in [0.717, 1.165) is 5.56 Å². The zero-order chi connectivity index (χ0) is 15.9. The van der Waals surface area contributed by atoms with Gasteiger partial charge in [0.05, 0.1) is 20.3 Å². The largest absolute Gasteiger partial charge is 0.493 e. The third kappa shape index (κ3) is 6.76. The van der Waals surface area contributed by atoms with Crippen LogP contribution < -0.4 is 9.47 Å². The topological polar surface area (TPSA) is 27.7 Å². The molecule has 1 aromatic carbocycles. The van der Waals surface area contributed by atoms with Crippen molar-refractivity contribution in [2.75, 3.05) is 26.9 Å². The van der Waals surface area contributed by atoms with Crippen molar-refractivity contribution in [3.8, 4) is 11.5 Å². The second-order valence-electron chi connectivity index (χ2n) is 4.10. The lowest BCUT2D eigenvalue weighted by Crippen LogP contribution is -2.18. The van der Waals surface area contributed by atoms with Gasteiger partial charge in [-0.1, -0.05) is 27.5 Å². The van der Waals surface area contributed by atoms with Gasteiger partial charge < -0.3 is 14.2 Å². The van der Waals surface area contributed by atoms with Crippen molar-refractivity contribution in [2.24, 2.45) is 0 Å². The molecule has 0 atom stereocenters. The Kier molecular flexibility index (Phi) is 7.62. The molecule has 3 nitrogen and oxygen atoms in total. The third-order valence-electron chi connectivity index (χ3n) is 2.41. The van der Waals surface area contributed by atoms with Gasteiger partial charge in [0.25, 0.3) is 0 Å². The summed E-state index contributed by atoms with van der Waals surface area (Å²) >= 11 is 9.26. The monoisotopic (exact) mass is 390 g/mol. The Bertz CT molecular complexity index is 430. The van der Waals surface area contributed by atoms with E-state index in [1.54, 1.807) is 12.1 Å². The summed E-state index contributed by atoms with van der Waals surface area (Å²) in [6.45, 7) is -1.06. The first-order valence-corrected chi connectivity index (χ1v) is 7.57. The van der Waals surface area contributed by atoms with Crippen LogP contribution in [-0.4, -0.2) is 33.1 Å². The van der Waals surface area contributed by atoms with Crippen molar-refractivity contribution in [1.82, 2.24) is 0 Å². The number of alkyl halides is 4. The number of rotatable bonds is 8. The van der Waals surface area contributed by atoms with Gasteiger partial charge >= 0.3 is 6.18 Å². The average Bonchev–Trinajstić information content (AvgIpc) is 2.41. The predicted octanol–water partition coefficient (Wildman–Crippen LogP) is 4.59. The normalized spacial score (nSPS) is 11.5. The number of methoxy groups -OCH3 is 1. The molecule has 8 heteroatoms. The summed E-state index contributed by atoms with van der Waals surface area (Å²) < 4.78 is 50.9. The van der Waals surface area contributed by atoms with Crippen LogP contribution >= 0.6 is 27.5 Å². The summed E-state index contributed by atoms with van der Waals surface area (Å²) in [6, 6.07) is 3.34. The summed E-state index contributed by atoms with van der Waals surface area (Å²) in [5.74, 6) is 1.00. The molecule has 0 N–H and O–H groups in total. The number of ether oxygens (including phenoxy) is 3. The molecule has 0 saturated heterocycles. The van der Waals surface area contributed by atoms with E-state index in [-0.39, 0.29) is 13.2 Å². The molecule has 0 amide bonds. The van der Waals surface area contributed by atoms with Gasteiger partial charge in [0.1, 0.15) is 6.61 Å². The molecule has 0 aliphatic carbocycles. The minimum Gasteiger partial charge on any atom is -0.493 e. The van der Waals surface area contributed by atoms with E-state index in [2.05, 4.69) is 20.7 Å². The lowest BCUT2D eigenvalue weighted by molar-refractivity contribution is -0.174. The summed E-state index contributed by atoms with van der Waals surface area (Å²) in [5, 5.41) is 1.03. The molecule has 0 fully saturated rings. The summed E-state index contributed by atoms with van der Waals surface area (Å²) in [6.07, 6.45) is -3.97. The Balaban J connectivity index is 2.48. The predicted molar refractivity (Wildman–Crippen MR) is 77.6 cm³/mol. The zero-order valence-electron chi connectivity index (χ0n) is 11.3. The van der Waals surface area contributed by atoms with Gasteiger partial charge in [-0.3, -0.25) is 0 Å². The first kappa shape index (κ1) is 18.4. The Morgan fingerprint density at radius 2 is 1.95 bits per heavy atom. The highest BCUT2D eigenvalue weighted by atomic mass is 79.9. The molecule has 1 rings (SSSR count). The van der Waals surface area contributed by atoms with Crippen molar-refractivity contribution in [2.45, 2.75) is 17.9 Å². The molecule has 0 saturated carbocycles. The SMILES string of the molecule is COc1cc(Cl)cc(CBr)c1OCCCOCC(F)(F)F. The molecule has 0 aliphatic rings. The average molecular weight is 392 g/mol. The molecule has 0 bridgehead atoms. The van der Waals surface area contributed by atoms with Gasteiger partial charge in [-0.05, 0) is 6.07 Å². The molecular weight excluding hydrogens is 376 g/mol. The van der Waals surface area contributed by atoms with Crippen LogP contribution in [-0.2, 0) is 10.1 Å². The van der Waals surface area contributed by atoms with Crippen LogP contribution in [0.4, 0.5) is 13.2 Å². The smallest absolute Gasteiger partial charge is 0.411 e. The van der Waals surface area contributed by atoms with E-state index in [4.69, 9.17) is 21.1 Å². The van der Waals surface area contributed by atoms with E-state index >= 15 is 0 Å². The van der Waals surface area contributed by atoms with Crippen LogP contribution in [0.3, 0.4) is 0 Å². The van der Waals surface area contributed by atoms with E-state index in [1.165, 1.54) is 7.11 Å². The molecule has 0 heterocycles. The number of halogens is 5. The van der Waals surface area contributed by atoms with Gasteiger partial charge in [0.2, 0.25) is 0 Å². The Morgan fingerprint density at radius 1 is 1.24 bits per heavy atom. The van der Waals surface area contributed by atoms with E-state index < -0.39 is 12.8 Å². The van der Waals surface area contributed by atoms with Crippen molar-refractivity contribution >= 4 is 27.5 Å². The van der Waals surface area contributed by atoms with Crippen LogP contribution in [0.5, 0.6) is 11.5 Å². The Hall–Kier alpha value is -0.660. The number of hydrogen-bond donors (Lipinski definition) is 0. The van der Waals surface area contributed by atoms with Crippen LogP contribution in [0.25, 0.3) is 0 Å². The lowest BCUT2D eigenvalue weighted by Gasteiger charge is -2.15. The standard InChI is InChI=1S/C13H15BrClF3O3/c1-19-11-6-10(15)5-9(7-14)12(11)21-4-2-3-20-8-13(16,17)18/h5-6H,2-4,7-8H2,1H3. The van der Waals surface area contributed by atoms with Crippen molar-refractivity contribution in [3.63, 3.8) is 0 Å². The molecule has 0 radical (unpaired) electrons. The quantitative estimate of drug-likeness (QED) is 0.479. The third-order valence-corrected chi connectivity index (χ3v) is 3.23. The highest BCUT2D eigenvalue weighted by Gasteiger charge is 2.27. The fraction of sp³-hybridized carbons (Fsp3) is 0.538. The van der Waals surface area contributed by atoms with Crippen LogP contribution in [0, 0.1) is 0 Å². The minimum atomic E-state index is -4.30. The summed E-state index contributed by atoms with van der Waals surface area (Å²) in [4.78, 5) is 0. The molecule has 0 aliphatic heterocycles. The summed E-state index contributed by atoms with van der Waals surface area (Å²) in [5.41, 5.74) is 0.801. The second-order valence-corrected chi connectivity index (χ2v) is 5.10. The van der Waals surface area contributed by atoms with Crippen molar-refractivity contribution in [1.29, 1.82) is 0 Å². The van der Waals surface area contributed by atoms with Crippen LogP contribution in [0.2, 0.25) is 5.02 Å². The summed E-state index contributed by atoms with van der Waals surface area (Å²) in [7, 11) is 1.49. The van der Waals surface area contributed by atoms with Gasteiger partial charge in [-0.2, -0.15) is 13.2 Å². The lowest BCUT2D eigenvalue weighted by atomic mass is 10.2. The van der Waals surface area contributed by atoms with Gasteiger partial charge in [-0.25, -0.2) is 0 Å². The molecule has 0 spiro atoms. The number of benzene rings is 1. The van der Waals surface area contributed by atoms with Gasteiger partial charge in [-0.15, -0.1) is 0 Å². The fourth-order valence-electron chi connectivity index (χ4n) is 1.56. The van der Waals surface area contributed by atoms with E-state index in [1.807, 2.05) is 0 Å². The maximum atomic E-state index is 11.9. The van der Waals surface area contributed by atoms with Gasteiger partial charge in [0, 0.05) is 28.4 Å². The molecular formula is C13H15BrClF3O3. The first-order valence-electron chi connectivity index (χ1n) is 6.07. The zero-order valence-corrected chi connectivity index (χ0v) is 13.6. The van der Waals surface area contributed by atoms with Crippen LogP contribution in [0.15, 0.2) is 12.1 Å². The minimum absolute atomic E-state index is 0.0287. The van der Waals surface area contributed by atoms with Crippen molar-refractivity contribution < 1.29 is 27.4 Å². The fourth-order valence-corrected chi connectivity index (χ4v) is 2.21. The van der Waals surface area contributed by atoms with E-state index in [0.29, 0.717) is 28.3 Å². The molecule has 21 heavy (non-hydrogen) atoms. The van der Waals surface area contributed by atoms with Crippen molar-refractivity contribution in [3.05, 3.63) is 22.7 Å².